The Kier molecular flexibility index (Phi) is 7.04. The first kappa shape index (κ1) is 9.96. The van der Waals surface area contributed by atoms with Gasteiger partial charge in [0.15, 0.2) is 0 Å². The summed E-state index contributed by atoms with van der Waals surface area (Å²) in [7, 11) is 0. The normalized spacial score (nSPS) is 13.5. The Bertz CT molecular complexity index is 53.7. The quantitative estimate of drug-likeness (QED) is 0.602. The second-order valence-corrected chi connectivity index (χ2v) is 3.00. The highest BCUT2D eigenvalue weighted by Gasteiger charge is 1.96. The van der Waals surface area contributed by atoms with Crippen LogP contribution in [0.4, 0.5) is 0 Å². The van der Waals surface area contributed by atoms with Crippen LogP contribution in [0.2, 0.25) is 0 Å². The molecule has 0 aliphatic rings. The monoisotopic (exact) mass is 143 g/mol. The van der Waals surface area contributed by atoms with Crippen LogP contribution in [0.15, 0.2) is 0 Å². The van der Waals surface area contributed by atoms with Gasteiger partial charge in [-0.2, -0.15) is 0 Å². The van der Waals surface area contributed by atoms with Crippen molar-refractivity contribution in [3.8, 4) is 0 Å². The molecule has 0 amide bonds. The Labute approximate surface area is 65.2 Å². The summed E-state index contributed by atoms with van der Waals surface area (Å²) in [6, 6.07) is 0.722. The van der Waals surface area contributed by atoms with Crippen molar-refractivity contribution in [3.63, 3.8) is 0 Å². The molecule has 0 aliphatic heterocycles. The number of hydrogen-bond acceptors (Lipinski definition) is 1. The fourth-order valence-electron chi connectivity index (χ4n) is 1.00. The topological polar surface area (TPSA) is 12.0 Å². The van der Waals surface area contributed by atoms with E-state index >= 15 is 0 Å². The highest BCUT2D eigenvalue weighted by molar-refractivity contribution is 4.58. The van der Waals surface area contributed by atoms with Gasteiger partial charge < -0.3 is 5.32 Å². The SMILES string of the molecule is CCCCC(C)NCCC. The Morgan fingerprint density at radius 2 is 1.90 bits per heavy atom. The first-order chi connectivity index (χ1) is 4.81. The van der Waals surface area contributed by atoms with Crippen molar-refractivity contribution < 1.29 is 0 Å². The van der Waals surface area contributed by atoms with Crippen LogP contribution in [0.25, 0.3) is 0 Å². The molecule has 0 spiro atoms. The van der Waals surface area contributed by atoms with Crippen molar-refractivity contribution in [2.24, 2.45) is 0 Å². The maximum atomic E-state index is 3.47. The predicted molar refractivity (Wildman–Crippen MR) is 47.3 cm³/mol. The first-order valence-electron chi connectivity index (χ1n) is 4.54. The minimum atomic E-state index is 0.722. The lowest BCUT2D eigenvalue weighted by molar-refractivity contribution is 0.495. The zero-order valence-corrected chi connectivity index (χ0v) is 7.61. The summed E-state index contributed by atoms with van der Waals surface area (Å²) in [5.74, 6) is 0. The van der Waals surface area contributed by atoms with Crippen LogP contribution in [0.1, 0.15) is 46.5 Å². The van der Waals surface area contributed by atoms with Crippen LogP contribution in [-0.4, -0.2) is 12.6 Å². The van der Waals surface area contributed by atoms with Gasteiger partial charge in [0.25, 0.3) is 0 Å². The fourth-order valence-corrected chi connectivity index (χ4v) is 1.00. The summed E-state index contributed by atoms with van der Waals surface area (Å²) in [6.07, 6.45) is 5.25. The molecule has 10 heavy (non-hydrogen) atoms. The van der Waals surface area contributed by atoms with Crippen molar-refractivity contribution in [2.45, 2.75) is 52.5 Å². The van der Waals surface area contributed by atoms with Crippen LogP contribution in [0.3, 0.4) is 0 Å². The van der Waals surface area contributed by atoms with Crippen LogP contribution < -0.4 is 5.32 Å². The average molecular weight is 143 g/mol. The van der Waals surface area contributed by atoms with Crippen molar-refractivity contribution in [1.82, 2.24) is 5.32 Å². The van der Waals surface area contributed by atoms with E-state index in [1.54, 1.807) is 0 Å². The van der Waals surface area contributed by atoms with Gasteiger partial charge in [0.2, 0.25) is 0 Å². The fraction of sp³-hybridized carbons (Fsp3) is 1.00. The molecule has 0 rings (SSSR count). The molecule has 1 heteroatoms. The summed E-state index contributed by atoms with van der Waals surface area (Å²) in [5, 5.41) is 3.47. The minimum absolute atomic E-state index is 0.722. The standard InChI is InChI=1S/C9H21N/c1-4-6-7-9(3)10-8-5-2/h9-10H,4-8H2,1-3H3. The Hall–Kier alpha value is -0.0400. The molecular formula is C9H21N. The predicted octanol–water partition coefficient (Wildman–Crippen LogP) is 2.56. The second kappa shape index (κ2) is 7.07. The van der Waals surface area contributed by atoms with Crippen molar-refractivity contribution in [3.05, 3.63) is 0 Å². The van der Waals surface area contributed by atoms with Gasteiger partial charge in [-0.15, -0.1) is 0 Å². The Balaban J connectivity index is 3.00. The summed E-state index contributed by atoms with van der Waals surface area (Å²) in [5.41, 5.74) is 0. The smallest absolute Gasteiger partial charge is 0.00387 e. The third-order valence-electron chi connectivity index (χ3n) is 1.73. The van der Waals surface area contributed by atoms with Crippen LogP contribution in [-0.2, 0) is 0 Å². The lowest BCUT2D eigenvalue weighted by atomic mass is 10.1. The van der Waals surface area contributed by atoms with E-state index in [1.165, 1.54) is 32.2 Å². The molecule has 62 valence electrons. The van der Waals surface area contributed by atoms with Gasteiger partial charge >= 0.3 is 0 Å². The lowest BCUT2D eigenvalue weighted by Crippen LogP contribution is -2.26. The lowest BCUT2D eigenvalue weighted by Gasteiger charge is -2.11. The van der Waals surface area contributed by atoms with Gasteiger partial charge in [-0.3, -0.25) is 0 Å². The molecule has 1 atom stereocenters. The molecule has 0 saturated heterocycles. The zero-order chi connectivity index (χ0) is 7.82. The van der Waals surface area contributed by atoms with Crippen molar-refractivity contribution in [1.29, 1.82) is 0 Å². The summed E-state index contributed by atoms with van der Waals surface area (Å²) >= 11 is 0. The number of rotatable bonds is 6. The van der Waals surface area contributed by atoms with Gasteiger partial charge in [0.1, 0.15) is 0 Å². The first-order valence-corrected chi connectivity index (χ1v) is 4.54. The van der Waals surface area contributed by atoms with E-state index in [4.69, 9.17) is 0 Å². The molecule has 0 aromatic heterocycles. The zero-order valence-electron chi connectivity index (χ0n) is 7.61. The molecule has 0 bridgehead atoms. The number of nitrogens with one attached hydrogen (secondary N) is 1. The minimum Gasteiger partial charge on any atom is -0.314 e. The van der Waals surface area contributed by atoms with Crippen LogP contribution in [0.5, 0.6) is 0 Å². The molecule has 1 unspecified atom stereocenters. The van der Waals surface area contributed by atoms with Gasteiger partial charge in [0, 0.05) is 6.04 Å². The molecule has 1 nitrogen and oxygen atoms in total. The maximum absolute atomic E-state index is 3.47. The van der Waals surface area contributed by atoms with E-state index in [2.05, 4.69) is 26.1 Å². The van der Waals surface area contributed by atoms with Gasteiger partial charge in [0.05, 0.1) is 0 Å². The summed E-state index contributed by atoms with van der Waals surface area (Å²) in [6.45, 7) is 7.89. The van der Waals surface area contributed by atoms with Crippen LogP contribution in [0, 0.1) is 0 Å². The van der Waals surface area contributed by atoms with E-state index in [0.717, 1.165) is 6.04 Å². The molecule has 0 radical (unpaired) electrons. The summed E-state index contributed by atoms with van der Waals surface area (Å²) in [4.78, 5) is 0. The summed E-state index contributed by atoms with van der Waals surface area (Å²) < 4.78 is 0. The number of unbranched alkanes of at least 4 members (excludes halogenated alkanes) is 1. The van der Waals surface area contributed by atoms with E-state index in [9.17, 15) is 0 Å². The molecular weight excluding hydrogens is 122 g/mol. The highest BCUT2D eigenvalue weighted by atomic mass is 14.9. The van der Waals surface area contributed by atoms with E-state index in [0.29, 0.717) is 0 Å². The average Bonchev–Trinajstić information content (AvgIpc) is 1.97. The van der Waals surface area contributed by atoms with Gasteiger partial charge in [-0.05, 0) is 26.3 Å². The second-order valence-electron chi connectivity index (χ2n) is 3.00. The molecule has 0 heterocycles. The molecule has 1 N–H and O–H groups in total. The largest absolute Gasteiger partial charge is 0.314 e. The van der Waals surface area contributed by atoms with Gasteiger partial charge in [-0.1, -0.05) is 26.7 Å². The van der Waals surface area contributed by atoms with E-state index < -0.39 is 0 Å². The molecule has 0 fully saturated rings. The van der Waals surface area contributed by atoms with E-state index in [-0.39, 0.29) is 0 Å². The molecule has 0 saturated carbocycles. The highest BCUT2D eigenvalue weighted by Crippen LogP contribution is 1.98. The molecule has 0 aromatic rings. The Morgan fingerprint density at radius 3 is 2.40 bits per heavy atom. The van der Waals surface area contributed by atoms with Gasteiger partial charge in [-0.25, -0.2) is 0 Å². The maximum Gasteiger partial charge on any atom is 0.00387 e. The Morgan fingerprint density at radius 1 is 1.20 bits per heavy atom. The van der Waals surface area contributed by atoms with Crippen LogP contribution >= 0.6 is 0 Å². The third kappa shape index (κ3) is 6.09. The van der Waals surface area contributed by atoms with E-state index in [1.807, 2.05) is 0 Å². The molecule has 0 aliphatic carbocycles. The third-order valence-corrected chi connectivity index (χ3v) is 1.73. The number of hydrogen-bond donors (Lipinski definition) is 1. The molecule has 0 aromatic carbocycles. The van der Waals surface area contributed by atoms with Crippen molar-refractivity contribution >= 4 is 0 Å². The van der Waals surface area contributed by atoms with Crippen molar-refractivity contribution in [2.75, 3.05) is 6.54 Å².